The molecule has 0 N–H and O–H groups in total. The molecular formula is C20H18Cl4Zr2-2. The predicted molar refractivity (Wildman–Crippen MR) is 112 cm³/mol. The van der Waals surface area contributed by atoms with E-state index in [1.165, 1.54) is 32.7 Å². The van der Waals surface area contributed by atoms with Crippen LogP contribution in [0.5, 0.6) is 0 Å². The summed E-state index contributed by atoms with van der Waals surface area (Å²) < 4.78 is 0. The summed E-state index contributed by atoms with van der Waals surface area (Å²) in [5.74, 6) is 0. The second-order valence-corrected chi connectivity index (χ2v) is 12.9. The molecule has 0 radical (unpaired) electrons. The molecule has 0 amide bonds. The van der Waals surface area contributed by atoms with Gasteiger partial charge >= 0.3 is 75.7 Å². The van der Waals surface area contributed by atoms with Crippen LogP contribution in [0.2, 0.25) is 0 Å². The summed E-state index contributed by atoms with van der Waals surface area (Å²) in [6, 6.07) is 25.7. The average Bonchev–Trinajstić information content (AvgIpc) is 3.17. The molecule has 0 atom stereocenters. The van der Waals surface area contributed by atoms with E-state index >= 15 is 0 Å². The maximum absolute atomic E-state index is 4.93. The van der Waals surface area contributed by atoms with Crippen LogP contribution in [0.4, 0.5) is 0 Å². The van der Waals surface area contributed by atoms with Crippen LogP contribution < -0.4 is 0 Å². The van der Waals surface area contributed by atoms with Gasteiger partial charge in [-0.15, -0.1) is 81.2 Å². The average molecular weight is 583 g/mol. The Hall–Kier alpha value is 0.586. The second kappa shape index (κ2) is 14.6. The van der Waals surface area contributed by atoms with Gasteiger partial charge in [0.25, 0.3) is 0 Å². The van der Waals surface area contributed by atoms with Crippen molar-refractivity contribution in [2.75, 3.05) is 0 Å². The molecule has 0 bridgehead atoms. The Bertz CT molecular complexity index is 743. The van der Waals surface area contributed by atoms with E-state index in [1.54, 1.807) is 0 Å². The first-order chi connectivity index (χ1) is 12.5. The van der Waals surface area contributed by atoms with Gasteiger partial charge in [0.15, 0.2) is 0 Å². The molecule has 0 nitrogen and oxygen atoms in total. The van der Waals surface area contributed by atoms with Crippen molar-refractivity contribution in [3.05, 3.63) is 83.9 Å². The van der Waals surface area contributed by atoms with Gasteiger partial charge in [0.2, 0.25) is 0 Å². The van der Waals surface area contributed by atoms with E-state index in [9.17, 15) is 0 Å². The number of halogens is 4. The number of hydrogen-bond acceptors (Lipinski definition) is 0. The van der Waals surface area contributed by atoms with Gasteiger partial charge in [-0.25, -0.2) is 0 Å². The molecule has 6 heteroatoms. The van der Waals surface area contributed by atoms with Crippen molar-refractivity contribution in [2.45, 2.75) is 13.8 Å². The number of fused-ring (bicyclic) bond motifs is 2. The summed E-state index contributed by atoms with van der Waals surface area (Å²) in [6.45, 7) is 4.25. The monoisotopic (exact) mass is 578 g/mol. The Kier molecular flexibility index (Phi) is 13.8. The molecule has 4 rings (SSSR count). The zero-order valence-corrected chi connectivity index (χ0v) is 22.4. The number of rotatable bonds is 0. The first-order valence-corrected chi connectivity index (χ1v) is 20.4. The first-order valence-electron chi connectivity index (χ1n) is 7.72. The van der Waals surface area contributed by atoms with Crippen LogP contribution in [0.3, 0.4) is 0 Å². The number of benzene rings is 2. The van der Waals surface area contributed by atoms with Gasteiger partial charge in [-0.2, -0.15) is 12.1 Å². The molecule has 26 heavy (non-hydrogen) atoms. The van der Waals surface area contributed by atoms with Crippen molar-refractivity contribution in [3.63, 3.8) is 0 Å². The quantitative estimate of drug-likeness (QED) is 0.183. The van der Waals surface area contributed by atoms with Crippen LogP contribution in [0, 0.1) is 13.8 Å². The number of hydrogen-bond donors (Lipinski definition) is 0. The van der Waals surface area contributed by atoms with E-state index in [2.05, 4.69) is 86.6 Å². The fourth-order valence-corrected chi connectivity index (χ4v) is 2.61. The Balaban J connectivity index is 0.000000201. The second-order valence-electron chi connectivity index (χ2n) is 5.47. The normalized spacial score (nSPS) is 9.15. The minimum absolute atomic E-state index is 0.826. The summed E-state index contributed by atoms with van der Waals surface area (Å²) in [4.78, 5) is 0. The van der Waals surface area contributed by atoms with E-state index in [4.69, 9.17) is 34.1 Å². The summed E-state index contributed by atoms with van der Waals surface area (Å²) in [5, 5.41) is 5.39. The predicted octanol–water partition coefficient (Wildman–Crippen LogP) is 8.49. The molecule has 0 saturated carbocycles. The molecule has 0 unspecified atom stereocenters. The Morgan fingerprint density at radius 2 is 0.923 bits per heavy atom. The molecule has 0 spiro atoms. The van der Waals surface area contributed by atoms with Crippen molar-refractivity contribution in [1.29, 1.82) is 0 Å². The standard InChI is InChI=1S/2C10H9.4ClH.2Zr/c2*1-8-6-9-4-2-3-5-10(9)7-8;;;;;;/h2*2-7H,1H3;4*1H;;/q2*-1;;;;;2*+2/p-4. The zero-order valence-electron chi connectivity index (χ0n) is 14.4. The molecule has 0 aliphatic rings. The van der Waals surface area contributed by atoms with Crippen LogP contribution in [0.25, 0.3) is 21.5 Å². The summed E-state index contributed by atoms with van der Waals surface area (Å²) in [6.07, 6.45) is 0. The Morgan fingerprint density at radius 1 is 0.615 bits per heavy atom. The molecule has 136 valence electrons. The topological polar surface area (TPSA) is 0 Å². The first kappa shape index (κ1) is 24.6. The van der Waals surface area contributed by atoms with Crippen LogP contribution in [0.1, 0.15) is 11.1 Å². The van der Waals surface area contributed by atoms with Gasteiger partial charge in [0, 0.05) is 0 Å². The molecular weight excluding hydrogens is 564 g/mol. The molecule has 0 fully saturated rings. The van der Waals surface area contributed by atoms with Gasteiger partial charge in [-0.3, -0.25) is 0 Å². The Morgan fingerprint density at radius 3 is 1.23 bits per heavy atom. The van der Waals surface area contributed by atoms with Gasteiger partial charge in [-0.05, 0) is 0 Å². The van der Waals surface area contributed by atoms with Crippen LogP contribution in [-0.2, 0) is 41.7 Å². The fraction of sp³-hybridized carbons (Fsp3) is 0.100. The Labute approximate surface area is 192 Å². The van der Waals surface area contributed by atoms with E-state index in [0.717, 1.165) is 0 Å². The van der Waals surface area contributed by atoms with Crippen molar-refractivity contribution < 1.29 is 41.7 Å². The minimum atomic E-state index is -0.826. The third-order valence-corrected chi connectivity index (χ3v) is 3.52. The molecule has 0 saturated heterocycles. The van der Waals surface area contributed by atoms with Gasteiger partial charge in [0.05, 0.1) is 0 Å². The van der Waals surface area contributed by atoms with E-state index in [1.807, 2.05) is 0 Å². The SMILES string of the molecule is Cc1cc2ccccc2[cH-]1.Cc1cc2ccccc2[cH-]1.[Cl][Zr][Cl].[Cl][Zr][Cl]. The van der Waals surface area contributed by atoms with Crippen molar-refractivity contribution in [1.82, 2.24) is 0 Å². The van der Waals surface area contributed by atoms with Crippen LogP contribution in [0.15, 0.2) is 72.8 Å². The molecule has 4 aromatic carbocycles. The summed E-state index contributed by atoms with van der Waals surface area (Å²) in [5.41, 5.74) is 2.70. The third kappa shape index (κ3) is 9.19. The van der Waals surface area contributed by atoms with Gasteiger partial charge < -0.3 is 0 Å². The van der Waals surface area contributed by atoms with Gasteiger partial charge in [0.1, 0.15) is 0 Å². The maximum atomic E-state index is 4.93. The van der Waals surface area contributed by atoms with Crippen LogP contribution in [-0.4, -0.2) is 0 Å². The molecule has 0 aromatic heterocycles. The molecule has 0 aliphatic carbocycles. The fourth-order valence-electron chi connectivity index (χ4n) is 2.61. The molecule has 4 aromatic rings. The van der Waals surface area contributed by atoms with E-state index in [-0.39, 0.29) is 0 Å². The van der Waals surface area contributed by atoms with Crippen molar-refractivity contribution >= 4 is 55.6 Å². The van der Waals surface area contributed by atoms with E-state index in [0.29, 0.717) is 0 Å². The molecule has 0 heterocycles. The third-order valence-electron chi connectivity index (χ3n) is 3.52. The summed E-state index contributed by atoms with van der Waals surface area (Å²) in [7, 11) is 19.7. The summed E-state index contributed by atoms with van der Waals surface area (Å²) >= 11 is -1.65. The molecule has 0 aliphatic heterocycles. The van der Waals surface area contributed by atoms with Crippen LogP contribution >= 0.6 is 34.1 Å². The van der Waals surface area contributed by atoms with Crippen molar-refractivity contribution in [3.8, 4) is 0 Å². The van der Waals surface area contributed by atoms with Gasteiger partial charge in [-0.1, -0.05) is 26.0 Å². The van der Waals surface area contributed by atoms with Crippen molar-refractivity contribution in [2.24, 2.45) is 0 Å². The zero-order chi connectivity index (χ0) is 19.4. The van der Waals surface area contributed by atoms with E-state index < -0.39 is 41.7 Å². The number of aryl methyl sites for hydroxylation is 2.